The van der Waals surface area contributed by atoms with E-state index in [9.17, 15) is 18.8 Å². The number of anilines is 3. The van der Waals surface area contributed by atoms with Crippen molar-refractivity contribution in [2.45, 2.75) is 18.9 Å². The molecule has 8 nitrogen and oxygen atoms in total. The second-order valence-electron chi connectivity index (χ2n) is 8.38. The third-order valence-electron chi connectivity index (χ3n) is 5.89. The van der Waals surface area contributed by atoms with Crippen LogP contribution >= 0.6 is 0 Å². The molecule has 1 fully saturated rings. The molecular weight excluding hydrogens is 424 g/mol. The van der Waals surface area contributed by atoms with E-state index in [4.69, 9.17) is 5.73 Å². The van der Waals surface area contributed by atoms with E-state index in [1.54, 1.807) is 44.2 Å². The molecule has 0 atom stereocenters. The average molecular weight is 445 g/mol. The second kappa shape index (κ2) is 7.51. The zero-order valence-electron chi connectivity index (χ0n) is 18.1. The maximum Gasteiger partial charge on any atom is 0.337 e. The number of nitrogens with zero attached hydrogens (tertiary/aromatic N) is 3. The zero-order valence-corrected chi connectivity index (χ0v) is 18.1. The molecule has 0 aliphatic heterocycles. The summed E-state index contributed by atoms with van der Waals surface area (Å²) in [5.74, 6) is -0.518. The molecule has 0 saturated heterocycles. The summed E-state index contributed by atoms with van der Waals surface area (Å²) in [4.78, 5) is 39.9. The lowest BCUT2D eigenvalue weighted by Gasteiger charge is -2.19. The first kappa shape index (κ1) is 20.8. The molecule has 0 spiro atoms. The number of hydrogen-bond acceptors (Lipinski definition) is 5. The van der Waals surface area contributed by atoms with Gasteiger partial charge in [-0.2, -0.15) is 0 Å². The van der Waals surface area contributed by atoms with E-state index in [0.717, 1.165) is 5.46 Å². The van der Waals surface area contributed by atoms with E-state index < -0.39 is 22.6 Å². The number of nitrogens with two attached hydrogens (primary N) is 1. The molecule has 4 aromatic rings. The monoisotopic (exact) mass is 445 g/mol. The Morgan fingerprint density at radius 1 is 1.06 bits per heavy atom. The summed E-state index contributed by atoms with van der Waals surface area (Å²) < 4.78 is 18.4. The highest BCUT2D eigenvalue weighted by Gasteiger charge is 2.31. The van der Waals surface area contributed by atoms with Crippen LogP contribution in [0, 0.1) is 5.82 Å². The average Bonchev–Trinajstić information content (AvgIpc) is 3.58. The molecule has 0 amide bonds. The topological polar surface area (TPSA) is 104 Å². The highest BCUT2D eigenvalue weighted by molar-refractivity contribution is 6.32. The van der Waals surface area contributed by atoms with Gasteiger partial charge in [-0.15, -0.1) is 0 Å². The number of nitrogen functional groups attached to an aromatic ring is 1. The number of nitrogens with one attached hydrogen (secondary N) is 1. The number of fused-ring (bicyclic) bond motifs is 1. The number of rotatable bonds is 4. The molecular formula is C23H21BFN5O3. The van der Waals surface area contributed by atoms with E-state index in [1.165, 1.54) is 32.9 Å². The lowest BCUT2D eigenvalue weighted by Crippen LogP contribution is -2.41. The van der Waals surface area contributed by atoms with Crippen LogP contribution in [0.25, 0.3) is 16.7 Å². The molecule has 2 aromatic heterocycles. The first-order chi connectivity index (χ1) is 15.8. The number of aryl methyl sites for hydroxylation is 1. The normalized spacial score (nSPS) is 13.4. The van der Waals surface area contributed by atoms with Gasteiger partial charge in [-0.1, -0.05) is 17.6 Å². The number of pyridine rings is 1. The summed E-state index contributed by atoms with van der Waals surface area (Å²) in [5, 5.41) is 3.02. The number of benzene rings is 2. The van der Waals surface area contributed by atoms with Crippen LogP contribution in [-0.2, 0) is 7.05 Å². The molecule has 0 radical (unpaired) electrons. The number of halogens is 1. The standard InChI is InChI=1S/C23H21BFN5O3/c1-28-19(31)11-18(27-17-8-5-12(24)9-16(17)25)20-21(28)29(15-4-2-3-13(26)10-15)23(33)30(22(20)32)14-6-7-14/h2-5,8-11,14,27H,6-7,24,26H2,1H3. The van der Waals surface area contributed by atoms with E-state index >= 15 is 0 Å². The summed E-state index contributed by atoms with van der Waals surface area (Å²) in [6, 6.07) is 12.3. The minimum atomic E-state index is -0.547. The Morgan fingerprint density at radius 3 is 2.48 bits per heavy atom. The SMILES string of the molecule is Bc1ccc(Nc2cc(=O)n(C)c3c2c(=O)n(C2CC2)c(=O)n3-c2cccc(N)c2)c(F)c1. The fourth-order valence-electron chi connectivity index (χ4n) is 4.08. The smallest absolute Gasteiger partial charge is 0.337 e. The molecule has 2 aromatic carbocycles. The van der Waals surface area contributed by atoms with Crippen molar-refractivity contribution in [3.63, 3.8) is 0 Å². The van der Waals surface area contributed by atoms with Crippen LogP contribution in [0.2, 0.25) is 0 Å². The molecule has 1 aliphatic rings. The molecule has 3 N–H and O–H groups in total. The van der Waals surface area contributed by atoms with Gasteiger partial charge in [0.1, 0.15) is 24.7 Å². The molecule has 5 rings (SSSR count). The van der Waals surface area contributed by atoms with Crippen molar-refractivity contribution in [2.75, 3.05) is 11.1 Å². The first-order valence-electron chi connectivity index (χ1n) is 10.6. The van der Waals surface area contributed by atoms with Gasteiger partial charge in [-0.25, -0.2) is 13.8 Å². The molecule has 0 unspecified atom stereocenters. The van der Waals surface area contributed by atoms with Crippen molar-refractivity contribution in [1.82, 2.24) is 13.7 Å². The first-order valence-corrected chi connectivity index (χ1v) is 10.6. The van der Waals surface area contributed by atoms with Gasteiger partial charge in [0, 0.05) is 24.8 Å². The minimum Gasteiger partial charge on any atom is -0.399 e. The van der Waals surface area contributed by atoms with Gasteiger partial charge in [0.05, 0.1) is 17.1 Å². The fraction of sp³-hybridized carbons (Fsp3) is 0.174. The van der Waals surface area contributed by atoms with Crippen molar-refractivity contribution in [3.8, 4) is 5.69 Å². The molecule has 1 saturated carbocycles. The second-order valence-corrected chi connectivity index (χ2v) is 8.38. The van der Waals surface area contributed by atoms with E-state index in [1.807, 2.05) is 0 Å². The van der Waals surface area contributed by atoms with Gasteiger partial charge in [-0.3, -0.25) is 18.7 Å². The van der Waals surface area contributed by atoms with Gasteiger partial charge >= 0.3 is 5.69 Å². The van der Waals surface area contributed by atoms with E-state index in [-0.39, 0.29) is 28.5 Å². The third-order valence-corrected chi connectivity index (χ3v) is 5.89. The van der Waals surface area contributed by atoms with E-state index in [0.29, 0.717) is 24.2 Å². The maximum absolute atomic E-state index is 14.6. The molecule has 10 heteroatoms. The van der Waals surface area contributed by atoms with E-state index in [2.05, 4.69) is 5.32 Å². The van der Waals surface area contributed by atoms with Crippen molar-refractivity contribution in [1.29, 1.82) is 0 Å². The zero-order chi connectivity index (χ0) is 23.4. The predicted octanol–water partition coefficient (Wildman–Crippen LogP) is 0.909. The van der Waals surface area contributed by atoms with Gasteiger partial charge in [0.25, 0.3) is 11.1 Å². The Kier molecular flexibility index (Phi) is 4.73. The van der Waals surface area contributed by atoms with Crippen LogP contribution in [0.5, 0.6) is 0 Å². The Morgan fingerprint density at radius 2 is 1.82 bits per heavy atom. The minimum absolute atomic E-state index is 0.106. The summed E-state index contributed by atoms with van der Waals surface area (Å²) in [6.45, 7) is 0. The van der Waals surface area contributed by atoms with Crippen LogP contribution in [-0.4, -0.2) is 21.5 Å². The summed E-state index contributed by atoms with van der Waals surface area (Å²) in [7, 11) is 3.25. The Hall–Kier alpha value is -4.08. The maximum atomic E-state index is 14.6. The van der Waals surface area contributed by atoms with Crippen molar-refractivity contribution < 1.29 is 4.39 Å². The van der Waals surface area contributed by atoms with Gasteiger partial charge in [0.15, 0.2) is 0 Å². The Labute approximate surface area is 188 Å². The van der Waals surface area contributed by atoms with Gasteiger partial charge in [-0.05, 0) is 43.2 Å². The molecule has 0 bridgehead atoms. The highest BCUT2D eigenvalue weighted by Crippen LogP contribution is 2.33. The van der Waals surface area contributed by atoms with Crippen molar-refractivity contribution in [2.24, 2.45) is 7.05 Å². The Bertz CT molecular complexity index is 1620. The third kappa shape index (κ3) is 3.43. The highest BCUT2D eigenvalue weighted by atomic mass is 19.1. The molecule has 33 heavy (non-hydrogen) atoms. The van der Waals surface area contributed by atoms with Crippen LogP contribution in [0.4, 0.5) is 21.5 Å². The van der Waals surface area contributed by atoms with Gasteiger partial charge < -0.3 is 11.1 Å². The summed E-state index contributed by atoms with van der Waals surface area (Å²) in [6.07, 6.45) is 1.41. The largest absolute Gasteiger partial charge is 0.399 e. The van der Waals surface area contributed by atoms with Gasteiger partial charge in [0.2, 0.25) is 0 Å². The van der Waals surface area contributed by atoms with Crippen molar-refractivity contribution >= 4 is 41.4 Å². The molecule has 2 heterocycles. The molecule has 1 aliphatic carbocycles. The van der Waals surface area contributed by atoms with Crippen molar-refractivity contribution in [3.05, 3.63) is 85.5 Å². The summed E-state index contributed by atoms with van der Waals surface area (Å²) >= 11 is 0. The van der Waals surface area contributed by atoms with Crippen LogP contribution in [0.15, 0.2) is 62.9 Å². The van der Waals surface area contributed by atoms with Crippen LogP contribution < -0.4 is 33.3 Å². The Balaban J connectivity index is 1.91. The van der Waals surface area contributed by atoms with Crippen LogP contribution in [0.3, 0.4) is 0 Å². The van der Waals surface area contributed by atoms with Crippen LogP contribution in [0.1, 0.15) is 18.9 Å². The molecule has 166 valence electrons. The summed E-state index contributed by atoms with van der Waals surface area (Å²) in [5.41, 5.74) is 6.37. The number of aromatic nitrogens is 3. The lowest BCUT2D eigenvalue weighted by atomic mass is 9.96. The lowest BCUT2D eigenvalue weighted by molar-refractivity contribution is 0.632. The predicted molar refractivity (Wildman–Crippen MR) is 130 cm³/mol. The number of hydrogen-bond donors (Lipinski definition) is 2. The fourth-order valence-corrected chi connectivity index (χ4v) is 4.08. The quantitative estimate of drug-likeness (QED) is 0.359.